The largest absolute Gasteiger partial charge is 0.489 e. The second kappa shape index (κ2) is 9.06. The van der Waals surface area contributed by atoms with Crippen LogP contribution < -0.4 is 10.1 Å². The third-order valence-corrected chi connectivity index (χ3v) is 4.33. The highest BCUT2D eigenvalue weighted by Gasteiger charge is 2.12. The zero-order chi connectivity index (χ0) is 19.9. The highest BCUT2D eigenvalue weighted by atomic mass is 35.5. The highest BCUT2D eigenvalue weighted by Crippen LogP contribution is 2.24. The fraction of sp³-hybridized carbons (Fsp3) is 0.0909. The summed E-state index contributed by atoms with van der Waals surface area (Å²) >= 11 is 6.11. The molecule has 1 amide bonds. The Morgan fingerprint density at radius 2 is 1.61 bits per heavy atom. The van der Waals surface area contributed by atoms with Crippen LogP contribution in [0.4, 0.5) is 5.69 Å². The number of carbonyl (C=O) groups excluding carboxylic acids is 2. The van der Waals surface area contributed by atoms with Crippen molar-refractivity contribution in [1.29, 1.82) is 0 Å². The molecule has 0 saturated heterocycles. The van der Waals surface area contributed by atoms with Crippen LogP contribution in [0.1, 0.15) is 26.3 Å². The van der Waals surface area contributed by atoms with Gasteiger partial charge in [0.1, 0.15) is 12.4 Å². The zero-order valence-corrected chi connectivity index (χ0v) is 15.9. The van der Waals surface area contributed by atoms with E-state index in [0.29, 0.717) is 34.2 Å². The van der Waals surface area contributed by atoms with Gasteiger partial charge in [0.15, 0.2) is 0 Å². The van der Waals surface area contributed by atoms with Gasteiger partial charge in [-0.2, -0.15) is 0 Å². The number of halogens is 1. The van der Waals surface area contributed by atoms with Gasteiger partial charge in [0.2, 0.25) is 0 Å². The smallest absolute Gasteiger partial charge is 0.337 e. The summed E-state index contributed by atoms with van der Waals surface area (Å²) in [5, 5.41) is 3.03. The van der Waals surface area contributed by atoms with Gasteiger partial charge in [0.25, 0.3) is 5.91 Å². The summed E-state index contributed by atoms with van der Waals surface area (Å²) in [6, 6.07) is 21.1. The fourth-order valence-electron chi connectivity index (χ4n) is 2.50. The predicted octanol–water partition coefficient (Wildman–Crippen LogP) is 4.96. The van der Waals surface area contributed by atoms with Crippen molar-refractivity contribution in [3.63, 3.8) is 0 Å². The number of nitrogens with one attached hydrogen (secondary N) is 1. The van der Waals surface area contributed by atoms with Crippen LogP contribution in [0, 0.1) is 0 Å². The number of hydrogen-bond acceptors (Lipinski definition) is 4. The van der Waals surface area contributed by atoms with Gasteiger partial charge in [-0.1, -0.05) is 41.9 Å². The van der Waals surface area contributed by atoms with E-state index in [0.717, 1.165) is 5.56 Å². The molecule has 0 spiro atoms. The lowest BCUT2D eigenvalue weighted by atomic mass is 10.1. The average Bonchev–Trinajstić information content (AvgIpc) is 2.74. The maximum atomic E-state index is 12.5. The summed E-state index contributed by atoms with van der Waals surface area (Å²) < 4.78 is 10.4. The molecule has 28 heavy (non-hydrogen) atoms. The molecular formula is C22H18ClNO4. The molecule has 3 aromatic rings. The predicted molar refractivity (Wildman–Crippen MR) is 108 cm³/mol. The Kier molecular flexibility index (Phi) is 6.29. The summed E-state index contributed by atoms with van der Waals surface area (Å²) in [6.45, 7) is 0.447. The maximum absolute atomic E-state index is 12.5. The molecule has 0 bridgehead atoms. The van der Waals surface area contributed by atoms with Gasteiger partial charge < -0.3 is 14.8 Å². The summed E-state index contributed by atoms with van der Waals surface area (Å²) in [7, 11) is 1.29. The number of rotatable bonds is 6. The molecule has 6 heteroatoms. The Morgan fingerprint density at radius 1 is 0.929 bits per heavy atom. The van der Waals surface area contributed by atoms with E-state index in [1.54, 1.807) is 24.3 Å². The first-order valence-corrected chi connectivity index (χ1v) is 8.90. The van der Waals surface area contributed by atoms with E-state index in [-0.39, 0.29) is 5.91 Å². The SMILES string of the molecule is COC(=O)c1ccc(Cl)c(NC(=O)c2ccc(OCc3ccccc3)cc2)c1. The van der Waals surface area contributed by atoms with Crippen molar-refractivity contribution in [1.82, 2.24) is 0 Å². The minimum absolute atomic E-state index is 0.298. The number of benzene rings is 3. The highest BCUT2D eigenvalue weighted by molar-refractivity contribution is 6.34. The third-order valence-electron chi connectivity index (χ3n) is 4.00. The van der Waals surface area contributed by atoms with Gasteiger partial charge in [-0.05, 0) is 48.0 Å². The van der Waals surface area contributed by atoms with Crippen molar-refractivity contribution in [3.8, 4) is 5.75 Å². The van der Waals surface area contributed by atoms with Gasteiger partial charge in [-0.15, -0.1) is 0 Å². The molecule has 0 aliphatic carbocycles. The van der Waals surface area contributed by atoms with Crippen molar-refractivity contribution >= 4 is 29.2 Å². The molecule has 0 heterocycles. The lowest BCUT2D eigenvalue weighted by molar-refractivity contribution is 0.0600. The summed E-state index contributed by atoms with van der Waals surface area (Å²) in [4.78, 5) is 24.1. The molecule has 1 N–H and O–H groups in total. The number of ether oxygens (including phenoxy) is 2. The molecule has 0 aliphatic heterocycles. The monoisotopic (exact) mass is 395 g/mol. The van der Waals surface area contributed by atoms with Gasteiger partial charge in [0.05, 0.1) is 23.4 Å². The van der Waals surface area contributed by atoms with Crippen LogP contribution in [0.3, 0.4) is 0 Å². The van der Waals surface area contributed by atoms with Gasteiger partial charge >= 0.3 is 5.97 Å². The van der Waals surface area contributed by atoms with Crippen LogP contribution in [0.2, 0.25) is 5.02 Å². The standard InChI is InChI=1S/C22H18ClNO4/c1-27-22(26)17-9-12-19(23)20(13-17)24-21(25)16-7-10-18(11-8-16)28-14-15-5-3-2-4-6-15/h2-13H,14H2,1H3,(H,24,25). The molecular weight excluding hydrogens is 378 g/mol. The Hall–Kier alpha value is -3.31. The molecule has 142 valence electrons. The van der Waals surface area contributed by atoms with Crippen LogP contribution in [0.15, 0.2) is 72.8 Å². The molecule has 0 atom stereocenters. The average molecular weight is 396 g/mol. The van der Waals surface area contributed by atoms with E-state index in [1.165, 1.54) is 25.3 Å². The van der Waals surface area contributed by atoms with Crippen LogP contribution in [-0.2, 0) is 11.3 Å². The summed E-state index contributed by atoms with van der Waals surface area (Å²) in [5.74, 6) is -0.197. The van der Waals surface area contributed by atoms with E-state index >= 15 is 0 Å². The molecule has 0 unspecified atom stereocenters. The Balaban J connectivity index is 1.65. The minimum atomic E-state index is -0.507. The number of anilines is 1. The lowest BCUT2D eigenvalue weighted by Crippen LogP contribution is -2.13. The molecule has 0 fully saturated rings. The molecule has 0 radical (unpaired) electrons. The minimum Gasteiger partial charge on any atom is -0.489 e. The van der Waals surface area contributed by atoms with E-state index in [4.69, 9.17) is 16.3 Å². The number of carbonyl (C=O) groups is 2. The number of hydrogen-bond donors (Lipinski definition) is 1. The van der Waals surface area contributed by atoms with E-state index in [2.05, 4.69) is 10.1 Å². The van der Waals surface area contributed by atoms with E-state index < -0.39 is 5.97 Å². The number of esters is 1. The molecule has 0 saturated carbocycles. The Labute approximate surface area is 167 Å². The van der Waals surface area contributed by atoms with Crippen LogP contribution in [-0.4, -0.2) is 19.0 Å². The third kappa shape index (κ3) is 4.90. The Bertz CT molecular complexity index is 972. The fourth-order valence-corrected chi connectivity index (χ4v) is 2.67. The second-order valence-electron chi connectivity index (χ2n) is 5.94. The van der Waals surface area contributed by atoms with E-state index in [9.17, 15) is 9.59 Å². The van der Waals surface area contributed by atoms with Crippen LogP contribution >= 0.6 is 11.6 Å². The zero-order valence-electron chi connectivity index (χ0n) is 15.1. The second-order valence-corrected chi connectivity index (χ2v) is 6.35. The van der Waals surface area contributed by atoms with E-state index in [1.807, 2.05) is 30.3 Å². The van der Waals surface area contributed by atoms with Crippen molar-refractivity contribution in [3.05, 3.63) is 94.5 Å². The van der Waals surface area contributed by atoms with Crippen molar-refractivity contribution < 1.29 is 19.1 Å². The first-order chi connectivity index (χ1) is 13.6. The molecule has 0 aromatic heterocycles. The molecule has 3 rings (SSSR count). The maximum Gasteiger partial charge on any atom is 0.337 e. The molecule has 0 aliphatic rings. The van der Waals surface area contributed by atoms with Crippen LogP contribution in [0.5, 0.6) is 5.75 Å². The Morgan fingerprint density at radius 3 is 2.29 bits per heavy atom. The van der Waals surface area contributed by atoms with Crippen molar-refractivity contribution in [2.24, 2.45) is 0 Å². The first-order valence-electron chi connectivity index (χ1n) is 8.53. The van der Waals surface area contributed by atoms with Crippen LogP contribution in [0.25, 0.3) is 0 Å². The normalized spacial score (nSPS) is 10.2. The summed E-state index contributed by atoms with van der Waals surface area (Å²) in [5.41, 5.74) is 2.13. The number of amides is 1. The molecule has 5 nitrogen and oxygen atoms in total. The van der Waals surface area contributed by atoms with Gasteiger partial charge in [0, 0.05) is 5.56 Å². The lowest BCUT2D eigenvalue weighted by Gasteiger charge is -2.10. The van der Waals surface area contributed by atoms with Crippen molar-refractivity contribution in [2.45, 2.75) is 6.61 Å². The van der Waals surface area contributed by atoms with Gasteiger partial charge in [-0.3, -0.25) is 4.79 Å². The number of methoxy groups -OCH3 is 1. The first kappa shape index (κ1) is 19.5. The summed E-state index contributed by atoms with van der Waals surface area (Å²) in [6.07, 6.45) is 0. The molecule has 3 aromatic carbocycles. The topological polar surface area (TPSA) is 64.6 Å². The van der Waals surface area contributed by atoms with Gasteiger partial charge in [-0.25, -0.2) is 4.79 Å². The van der Waals surface area contributed by atoms with Crippen molar-refractivity contribution in [2.75, 3.05) is 12.4 Å². The quantitative estimate of drug-likeness (QED) is 0.599.